The third kappa shape index (κ3) is 4.23. The predicted octanol–water partition coefficient (Wildman–Crippen LogP) is 1.46. The summed E-state index contributed by atoms with van der Waals surface area (Å²) in [7, 11) is 3.55. The van der Waals surface area contributed by atoms with Crippen LogP contribution in [0.1, 0.15) is 25.8 Å². The summed E-state index contributed by atoms with van der Waals surface area (Å²) in [5.41, 5.74) is 1.22. The van der Waals surface area contributed by atoms with E-state index in [4.69, 9.17) is 0 Å². The molecule has 0 saturated carbocycles. The fourth-order valence-electron chi connectivity index (χ4n) is 1.74. The normalized spacial score (nSPS) is 12.5. The number of rotatable bonds is 6. The van der Waals surface area contributed by atoms with Gasteiger partial charge in [-0.25, -0.2) is 0 Å². The number of aryl methyl sites for hydroxylation is 1. The SMILES string of the molecule is CCCn1ccc(CNC(C)C(=O)N(C)C)c1. The van der Waals surface area contributed by atoms with E-state index in [0.29, 0.717) is 0 Å². The molecule has 17 heavy (non-hydrogen) atoms. The van der Waals surface area contributed by atoms with Gasteiger partial charge in [0.2, 0.25) is 5.91 Å². The van der Waals surface area contributed by atoms with Gasteiger partial charge in [-0.05, 0) is 25.0 Å². The molecule has 1 aromatic heterocycles. The minimum absolute atomic E-state index is 0.109. The Balaban J connectivity index is 2.41. The molecule has 0 saturated heterocycles. The number of carbonyl (C=O) groups excluding carboxylic acids is 1. The second-order valence-corrected chi connectivity index (χ2v) is 4.59. The molecule has 1 atom stereocenters. The van der Waals surface area contributed by atoms with Crippen molar-refractivity contribution < 1.29 is 4.79 Å². The Labute approximate surface area is 104 Å². The van der Waals surface area contributed by atoms with Crippen molar-refractivity contribution in [2.24, 2.45) is 0 Å². The van der Waals surface area contributed by atoms with E-state index in [1.807, 2.05) is 6.92 Å². The van der Waals surface area contributed by atoms with E-state index in [-0.39, 0.29) is 11.9 Å². The Morgan fingerprint density at radius 2 is 2.24 bits per heavy atom. The van der Waals surface area contributed by atoms with Crippen molar-refractivity contribution in [2.45, 2.75) is 39.4 Å². The average Bonchev–Trinajstić information content (AvgIpc) is 2.73. The molecule has 0 aliphatic carbocycles. The molecule has 1 rings (SSSR count). The van der Waals surface area contributed by atoms with Crippen molar-refractivity contribution in [3.63, 3.8) is 0 Å². The molecular weight excluding hydrogens is 214 g/mol. The Kier molecular flexibility index (Phi) is 5.22. The van der Waals surface area contributed by atoms with Crippen LogP contribution in [0.15, 0.2) is 18.5 Å². The standard InChI is InChI=1S/C13H23N3O/c1-5-7-16-8-6-12(10-16)9-14-11(2)13(17)15(3)4/h6,8,10-11,14H,5,7,9H2,1-4H3. The lowest BCUT2D eigenvalue weighted by atomic mass is 10.2. The molecule has 1 aromatic rings. The molecule has 1 N–H and O–H groups in total. The van der Waals surface area contributed by atoms with Gasteiger partial charge in [-0.15, -0.1) is 0 Å². The highest BCUT2D eigenvalue weighted by Gasteiger charge is 2.13. The van der Waals surface area contributed by atoms with E-state index < -0.39 is 0 Å². The molecule has 4 heteroatoms. The highest BCUT2D eigenvalue weighted by atomic mass is 16.2. The molecule has 1 heterocycles. The van der Waals surface area contributed by atoms with Gasteiger partial charge in [-0.1, -0.05) is 6.92 Å². The van der Waals surface area contributed by atoms with Crippen LogP contribution in [0.5, 0.6) is 0 Å². The van der Waals surface area contributed by atoms with E-state index in [0.717, 1.165) is 19.5 Å². The summed E-state index contributed by atoms with van der Waals surface area (Å²) >= 11 is 0. The number of likely N-dealkylation sites (N-methyl/N-ethyl adjacent to an activating group) is 1. The van der Waals surface area contributed by atoms with Crippen molar-refractivity contribution in [2.75, 3.05) is 14.1 Å². The van der Waals surface area contributed by atoms with Crippen LogP contribution in [0.25, 0.3) is 0 Å². The van der Waals surface area contributed by atoms with Gasteiger partial charge >= 0.3 is 0 Å². The minimum atomic E-state index is -0.139. The summed E-state index contributed by atoms with van der Waals surface area (Å²) in [6, 6.07) is 1.95. The molecule has 0 fully saturated rings. The van der Waals surface area contributed by atoms with Gasteiger partial charge in [0, 0.05) is 39.6 Å². The van der Waals surface area contributed by atoms with Crippen LogP contribution in [0.3, 0.4) is 0 Å². The van der Waals surface area contributed by atoms with Crippen LogP contribution in [0, 0.1) is 0 Å². The van der Waals surface area contributed by atoms with Crippen molar-refractivity contribution in [1.29, 1.82) is 0 Å². The van der Waals surface area contributed by atoms with Crippen LogP contribution in [0.2, 0.25) is 0 Å². The monoisotopic (exact) mass is 237 g/mol. The number of hydrogen-bond acceptors (Lipinski definition) is 2. The second kappa shape index (κ2) is 6.45. The Morgan fingerprint density at radius 1 is 1.53 bits per heavy atom. The molecule has 0 bridgehead atoms. The predicted molar refractivity (Wildman–Crippen MR) is 69.7 cm³/mol. The molecule has 0 spiro atoms. The molecule has 1 amide bonds. The Hall–Kier alpha value is -1.29. The smallest absolute Gasteiger partial charge is 0.238 e. The lowest BCUT2D eigenvalue weighted by molar-refractivity contribution is -0.130. The summed E-state index contributed by atoms with van der Waals surface area (Å²) in [4.78, 5) is 13.2. The number of nitrogens with zero attached hydrogens (tertiary/aromatic N) is 2. The molecule has 1 unspecified atom stereocenters. The maximum atomic E-state index is 11.6. The number of amides is 1. The molecule has 4 nitrogen and oxygen atoms in total. The first-order chi connectivity index (χ1) is 8.04. The number of carbonyl (C=O) groups is 1. The maximum absolute atomic E-state index is 11.6. The van der Waals surface area contributed by atoms with E-state index in [1.54, 1.807) is 19.0 Å². The maximum Gasteiger partial charge on any atom is 0.238 e. The Morgan fingerprint density at radius 3 is 2.82 bits per heavy atom. The molecule has 0 aliphatic rings. The fraction of sp³-hybridized carbons (Fsp3) is 0.615. The highest BCUT2D eigenvalue weighted by Crippen LogP contribution is 2.02. The second-order valence-electron chi connectivity index (χ2n) is 4.59. The van der Waals surface area contributed by atoms with E-state index in [1.165, 1.54) is 5.56 Å². The van der Waals surface area contributed by atoms with Gasteiger partial charge < -0.3 is 14.8 Å². The third-order valence-corrected chi connectivity index (χ3v) is 2.72. The van der Waals surface area contributed by atoms with Crippen LogP contribution < -0.4 is 5.32 Å². The first-order valence-corrected chi connectivity index (χ1v) is 6.13. The molecule has 96 valence electrons. The lowest BCUT2D eigenvalue weighted by Gasteiger charge is -2.17. The average molecular weight is 237 g/mol. The quantitative estimate of drug-likeness (QED) is 0.813. The van der Waals surface area contributed by atoms with E-state index in [2.05, 4.69) is 35.3 Å². The van der Waals surface area contributed by atoms with Crippen molar-refractivity contribution >= 4 is 5.91 Å². The summed E-state index contributed by atoms with van der Waals surface area (Å²) < 4.78 is 2.18. The zero-order chi connectivity index (χ0) is 12.8. The van der Waals surface area contributed by atoms with Crippen LogP contribution in [-0.4, -0.2) is 35.5 Å². The molecule has 0 aliphatic heterocycles. The number of nitrogens with one attached hydrogen (secondary N) is 1. The number of hydrogen-bond donors (Lipinski definition) is 1. The zero-order valence-corrected chi connectivity index (χ0v) is 11.2. The van der Waals surface area contributed by atoms with Gasteiger partial charge in [0.1, 0.15) is 0 Å². The van der Waals surface area contributed by atoms with Gasteiger partial charge in [-0.2, -0.15) is 0 Å². The van der Waals surface area contributed by atoms with Crippen LogP contribution in [0.4, 0.5) is 0 Å². The van der Waals surface area contributed by atoms with Crippen LogP contribution >= 0.6 is 0 Å². The van der Waals surface area contributed by atoms with Gasteiger partial charge in [0.25, 0.3) is 0 Å². The summed E-state index contributed by atoms with van der Waals surface area (Å²) in [5.74, 6) is 0.109. The summed E-state index contributed by atoms with van der Waals surface area (Å²) in [5, 5.41) is 3.23. The van der Waals surface area contributed by atoms with Crippen molar-refractivity contribution in [3.8, 4) is 0 Å². The molecule has 0 aromatic carbocycles. The highest BCUT2D eigenvalue weighted by molar-refractivity contribution is 5.80. The summed E-state index contributed by atoms with van der Waals surface area (Å²) in [6.45, 7) is 5.84. The van der Waals surface area contributed by atoms with Gasteiger partial charge in [0.05, 0.1) is 6.04 Å². The van der Waals surface area contributed by atoms with E-state index >= 15 is 0 Å². The zero-order valence-electron chi connectivity index (χ0n) is 11.2. The Bertz CT molecular complexity index is 357. The minimum Gasteiger partial charge on any atom is -0.354 e. The largest absolute Gasteiger partial charge is 0.354 e. The lowest BCUT2D eigenvalue weighted by Crippen LogP contribution is -2.41. The molecular formula is C13H23N3O. The first-order valence-electron chi connectivity index (χ1n) is 6.13. The van der Waals surface area contributed by atoms with Crippen molar-refractivity contribution in [1.82, 2.24) is 14.8 Å². The van der Waals surface area contributed by atoms with Crippen LogP contribution in [-0.2, 0) is 17.9 Å². The summed E-state index contributed by atoms with van der Waals surface area (Å²) in [6.07, 6.45) is 5.35. The van der Waals surface area contributed by atoms with Crippen molar-refractivity contribution in [3.05, 3.63) is 24.0 Å². The third-order valence-electron chi connectivity index (χ3n) is 2.72. The molecule has 0 radical (unpaired) electrons. The van der Waals surface area contributed by atoms with Gasteiger partial charge in [0.15, 0.2) is 0 Å². The topological polar surface area (TPSA) is 37.3 Å². The first kappa shape index (κ1) is 13.8. The van der Waals surface area contributed by atoms with E-state index in [9.17, 15) is 4.79 Å². The number of aromatic nitrogens is 1. The fourth-order valence-corrected chi connectivity index (χ4v) is 1.74. The van der Waals surface area contributed by atoms with Gasteiger partial charge in [-0.3, -0.25) is 4.79 Å².